The van der Waals surface area contributed by atoms with Crippen LogP contribution in [-0.2, 0) is 25.9 Å². The highest BCUT2D eigenvalue weighted by Crippen LogP contribution is 2.34. The molecule has 1 atom stereocenters. The Morgan fingerprint density at radius 1 is 1.28 bits per heavy atom. The average molecular weight is 341 g/mol. The third-order valence-corrected chi connectivity index (χ3v) is 4.78. The lowest BCUT2D eigenvalue weighted by Crippen LogP contribution is -2.24. The van der Waals surface area contributed by atoms with Crippen LogP contribution in [0.2, 0.25) is 0 Å². The maximum Gasteiger partial charge on any atom is 0.264 e. The molecule has 1 aliphatic rings. The van der Waals surface area contributed by atoms with Crippen molar-refractivity contribution in [2.75, 3.05) is 7.05 Å². The van der Waals surface area contributed by atoms with Crippen LogP contribution < -0.4 is 10.1 Å². The van der Waals surface area contributed by atoms with Gasteiger partial charge in [-0.25, -0.2) is 0 Å². The van der Waals surface area contributed by atoms with E-state index >= 15 is 0 Å². The second kappa shape index (κ2) is 6.88. The van der Waals surface area contributed by atoms with Gasteiger partial charge in [0, 0.05) is 29.8 Å². The predicted molar refractivity (Wildman–Crippen MR) is 93.7 cm³/mol. The third-order valence-electron chi connectivity index (χ3n) is 4.78. The number of aryl methyl sites for hydroxylation is 2. The van der Waals surface area contributed by atoms with Crippen LogP contribution in [-0.4, -0.2) is 23.2 Å². The first-order valence-corrected chi connectivity index (χ1v) is 8.89. The topological polar surface area (TPSA) is 73.3 Å². The minimum Gasteiger partial charge on any atom is -0.484 e. The molecule has 0 fully saturated rings. The molecule has 1 aromatic carbocycles. The summed E-state index contributed by atoms with van der Waals surface area (Å²) >= 11 is 0. The normalized spacial score (nSPS) is 15.3. The number of likely N-dealkylation sites (N-methyl/N-ethyl adjacent to an activating group) is 1. The second-order valence-electron chi connectivity index (χ2n) is 6.66. The van der Waals surface area contributed by atoms with Crippen LogP contribution in [0.5, 0.6) is 5.75 Å². The number of nitrogens with zero attached hydrogens (tertiary/aromatic N) is 2. The SMILES string of the molecule is CNC(C)Cc1noc(COc2ccc3oc4c(c3c2)CCCC4)n1. The van der Waals surface area contributed by atoms with Crippen molar-refractivity contribution < 1.29 is 13.7 Å². The van der Waals surface area contributed by atoms with Crippen LogP contribution in [0.25, 0.3) is 11.0 Å². The van der Waals surface area contributed by atoms with Crippen molar-refractivity contribution in [3.05, 3.63) is 41.2 Å². The number of hydrogen-bond acceptors (Lipinski definition) is 6. The summed E-state index contributed by atoms with van der Waals surface area (Å²) < 4.78 is 17.1. The third kappa shape index (κ3) is 3.39. The predicted octanol–water partition coefficient (Wildman–Crippen LogP) is 3.42. The second-order valence-corrected chi connectivity index (χ2v) is 6.66. The van der Waals surface area contributed by atoms with E-state index in [0.717, 1.165) is 36.4 Å². The minimum atomic E-state index is 0.270. The Kier molecular flexibility index (Phi) is 4.44. The fourth-order valence-corrected chi connectivity index (χ4v) is 3.28. The zero-order valence-corrected chi connectivity index (χ0v) is 14.7. The highest BCUT2D eigenvalue weighted by Gasteiger charge is 2.18. The molecule has 0 saturated heterocycles. The van der Waals surface area contributed by atoms with Crippen LogP contribution in [0.1, 0.15) is 42.8 Å². The van der Waals surface area contributed by atoms with Crippen LogP contribution in [0.4, 0.5) is 0 Å². The smallest absolute Gasteiger partial charge is 0.264 e. The number of fused-ring (bicyclic) bond motifs is 3. The zero-order valence-electron chi connectivity index (χ0n) is 14.7. The molecule has 6 nitrogen and oxygen atoms in total. The van der Waals surface area contributed by atoms with E-state index < -0.39 is 0 Å². The lowest BCUT2D eigenvalue weighted by molar-refractivity contribution is 0.242. The lowest BCUT2D eigenvalue weighted by Gasteiger charge is -2.08. The molecule has 0 saturated carbocycles. The first kappa shape index (κ1) is 16.1. The van der Waals surface area contributed by atoms with E-state index in [0.29, 0.717) is 17.8 Å². The van der Waals surface area contributed by atoms with Crippen LogP contribution in [0, 0.1) is 0 Å². The van der Waals surface area contributed by atoms with Crippen LogP contribution in [0.3, 0.4) is 0 Å². The number of furan rings is 1. The molecule has 0 aliphatic heterocycles. The lowest BCUT2D eigenvalue weighted by atomic mass is 9.96. The summed E-state index contributed by atoms with van der Waals surface area (Å²) in [6, 6.07) is 6.28. The molecular formula is C19H23N3O3. The Hall–Kier alpha value is -2.34. The molecular weight excluding hydrogens is 318 g/mol. The van der Waals surface area contributed by atoms with Gasteiger partial charge in [0.1, 0.15) is 17.1 Å². The Bertz CT molecular complexity index is 868. The first-order valence-electron chi connectivity index (χ1n) is 8.89. The van der Waals surface area contributed by atoms with Gasteiger partial charge >= 0.3 is 0 Å². The Morgan fingerprint density at radius 2 is 2.16 bits per heavy atom. The molecule has 4 rings (SSSR count). The van der Waals surface area contributed by atoms with Gasteiger partial charge in [0.15, 0.2) is 12.4 Å². The molecule has 0 bridgehead atoms. The fraction of sp³-hybridized carbons (Fsp3) is 0.474. The summed E-state index contributed by atoms with van der Waals surface area (Å²) in [6.45, 7) is 2.35. The molecule has 25 heavy (non-hydrogen) atoms. The van der Waals surface area contributed by atoms with Gasteiger partial charge in [0.25, 0.3) is 5.89 Å². The molecule has 1 aliphatic carbocycles. The molecule has 0 amide bonds. The molecule has 2 aromatic heterocycles. The van der Waals surface area contributed by atoms with E-state index in [1.54, 1.807) is 0 Å². The van der Waals surface area contributed by atoms with E-state index in [1.807, 2.05) is 19.2 Å². The van der Waals surface area contributed by atoms with Gasteiger partial charge in [-0.15, -0.1) is 0 Å². The van der Waals surface area contributed by atoms with Gasteiger partial charge in [0.05, 0.1) is 0 Å². The van der Waals surface area contributed by atoms with E-state index in [2.05, 4.69) is 28.4 Å². The molecule has 3 aromatic rings. The highest BCUT2D eigenvalue weighted by molar-refractivity contribution is 5.84. The number of nitrogens with one attached hydrogen (secondary N) is 1. The van der Waals surface area contributed by atoms with Crippen LogP contribution in [0.15, 0.2) is 27.1 Å². The zero-order chi connectivity index (χ0) is 17.2. The standard InChI is InChI=1S/C19H23N3O3/c1-12(20-2)9-18-21-19(25-22-18)11-23-13-7-8-17-15(10-13)14-5-3-4-6-16(14)24-17/h7-8,10,12,20H,3-6,9,11H2,1-2H3. The highest BCUT2D eigenvalue weighted by atomic mass is 16.5. The average Bonchev–Trinajstić information content (AvgIpc) is 3.23. The van der Waals surface area contributed by atoms with Crippen molar-refractivity contribution in [1.29, 1.82) is 0 Å². The largest absolute Gasteiger partial charge is 0.484 e. The van der Waals surface area contributed by atoms with Gasteiger partial charge in [0.2, 0.25) is 0 Å². The van der Waals surface area contributed by atoms with Crippen molar-refractivity contribution in [2.45, 2.75) is 51.7 Å². The van der Waals surface area contributed by atoms with Crippen molar-refractivity contribution in [3.8, 4) is 5.75 Å². The van der Waals surface area contributed by atoms with Crippen molar-refractivity contribution >= 4 is 11.0 Å². The number of hydrogen-bond donors (Lipinski definition) is 1. The van der Waals surface area contributed by atoms with Crippen molar-refractivity contribution in [2.24, 2.45) is 0 Å². The van der Waals surface area contributed by atoms with E-state index in [4.69, 9.17) is 13.7 Å². The molecule has 2 heterocycles. The monoisotopic (exact) mass is 341 g/mol. The first-order chi connectivity index (χ1) is 12.2. The maximum atomic E-state index is 5.96. The van der Waals surface area contributed by atoms with Crippen LogP contribution >= 0.6 is 0 Å². The van der Waals surface area contributed by atoms with Gasteiger partial charge in [-0.2, -0.15) is 4.98 Å². The van der Waals surface area contributed by atoms with E-state index in [-0.39, 0.29) is 6.61 Å². The molecule has 0 spiro atoms. The summed E-state index contributed by atoms with van der Waals surface area (Å²) in [4.78, 5) is 4.37. The Morgan fingerprint density at radius 3 is 3.04 bits per heavy atom. The number of aromatic nitrogens is 2. The fourth-order valence-electron chi connectivity index (χ4n) is 3.28. The molecule has 1 N–H and O–H groups in total. The number of rotatable bonds is 6. The Balaban J connectivity index is 1.46. The summed E-state index contributed by atoms with van der Waals surface area (Å²) in [6.07, 6.45) is 5.29. The summed E-state index contributed by atoms with van der Waals surface area (Å²) in [5.74, 6) is 3.12. The molecule has 0 radical (unpaired) electrons. The van der Waals surface area contributed by atoms with E-state index in [9.17, 15) is 0 Å². The molecule has 6 heteroatoms. The van der Waals surface area contributed by atoms with Gasteiger partial charge in [-0.3, -0.25) is 0 Å². The summed E-state index contributed by atoms with van der Waals surface area (Å²) in [5, 5.41) is 8.32. The number of benzene rings is 1. The van der Waals surface area contributed by atoms with Gasteiger partial charge < -0.3 is 19.0 Å². The summed E-state index contributed by atoms with van der Waals surface area (Å²) in [7, 11) is 1.92. The van der Waals surface area contributed by atoms with Crippen molar-refractivity contribution in [1.82, 2.24) is 15.5 Å². The van der Waals surface area contributed by atoms with Gasteiger partial charge in [-0.1, -0.05) is 5.16 Å². The summed E-state index contributed by atoms with van der Waals surface area (Å²) in [5.41, 5.74) is 2.29. The van der Waals surface area contributed by atoms with E-state index in [1.165, 1.54) is 23.8 Å². The maximum absolute atomic E-state index is 5.96. The molecule has 132 valence electrons. The molecule has 1 unspecified atom stereocenters. The number of ether oxygens (including phenoxy) is 1. The Labute approximate surface area is 146 Å². The van der Waals surface area contributed by atoms with Gasteiger partial charge in [-0.05, 0) is 51.4 Å². The quantitative estimate of drug-likeness (QED) is 0.740. The van der Waals surface area contributed by atoms with Crippen molar-refractivity contribution in [3.63, 3.8) is 0 Å². The minimum absolute atomic E-state index is 0.270.